The van der Waals surface area contributed by atoms with E-state index in [9.17, 15) is 4.79 Å². The van der Waals surface area contributed by atoms with E-state index in [0.717, 1.165) is 23.3 Å². The number of carbonyl (C=O) groups excluding carboxylic acids is 1. The van der Waals surface area contributed by atoms with Gasteiger partial charge in [-0.05, 0) is 29.0 Å². The fraction of sp³-hybridized carbons (Fsp3) is 0.500. The van der Waals surface area contributed by atoms with Crippen LogP contribution in [-0.4, -0.2) is 19.7 Å². The SMILES string of the molecule is COc1ccc(CCNC(=O)NN)cc1C(C)(C)C. The van der Waals surface area contributed by atoms with E-state index in [1.54, 1.807) is 7.11 Å². The number of methoxy groups -OCH3 is 1. The summed E-state index contributed by atoms with van der Waals surface area (Å²) in [6, 6.07) is 5.74. The summed E-state index contributed by atoms with van der Waals surface area (Å²) in [5.74, 6) is 5.88. The lowest BCUT2D eigenvalue weighted by molar-refractivity contribution is 0.241. The number of benzene rings is 1. The fourth-order valence-electron chi connectivity index (χ4n) is 1.87. The summed E-state index contributed by atoms with van der Waals surface area (Å²) in [6.07, 6.45) is 0.750. The Kier molecular flexibility index (Phi) is 5.18. The first kappa shape index (κ1) is 15.3. The van der Waals surface area contributed by atoms with Crippen LogP contribution in [0.1, 0.15) is 31.9 Å². The second kappa shape index (κ2) is 6.43. The van der Waals surface area contributed by atoms with Crippen LogP contribution in [0, 0.1) is 0 Å². The maximum atomic E-state index is 11.0. The summed E-state index contributed by atoms with van der Waals surface area (Å²) >= 11 is 0. The number of hydrogen-bond acceptors (Lipinski definition) is 3. The van der Waals surface area contributed by atoms with Crippen molar-refractivity contribution in [1.82, 2.24) is 10.7 Å². The molecule has 0 spiro atoms. The molecule has 1 aromatic rings. The van der Waals surface area contributed by atoms with E-state index >= 15 is 0 Å². The molecular formula is C14H23N3O2. The molecule has 0 aliphatic carbocycles. The Morgan fingerprint density at radius 2 is 2.05 bits per heavy atom. The number of nitrogens with two attached hydrogens (primary N) is 1. The molecule has 5 heteroatoms. The molecule has 0 fully saturated rings. The number of ether oxygens (including phenoxy) is 1. The number of hydrazine groups is 1. The molecule has 0 bridgehead atoms. The van der Waals surface area contributed by atoms with Crippen molar-refractivity contribution in [2.45, 2.75) is 32.6 Å². The molecule has 0 saturated carbocycles. The molecule has 1 rings (SSSR count). The van der Waals surface area contributed by atoms with Crippen LogP contribution in [0.3, 0.4) is 0 Å². The minimum Gasteiger partial charge on any atom is -0.496 e. The van der Waals surface area contributed by atoms with Crippen LogP contribution in [0.2, 0.25) is 0 Å². The summed E-state index contributed by atoms with van der Waals surface area (Å²) in [5.41, 5.74) is 4.37. The van der Waals surface area contributed by atoms with Crippen LogP contribution in [0.5, 0.6) is 5.75 Å². The third kappa shape index (κ3) is 4.44. The maximum Gasteiger partial charge on any atom is 0.328 e. The van der Waals surface area contributed by atoms with Gasteiger partial charge in [0.1, 0.15) is 5.75 Å². The fourth-order valence-corrected chi connectivity index (χ4v) is 1.87. The number of amides is 2. The lowest BCUT2D eigenvalue weighted by atomic mass is 9.85. The van der Waals surface area contributed by atoms with E-state index < -0.39 is 0 Å². The zero-order valence-electron chi connectivity index (χ0n) is 12.0. The Morgan fingerprint density at radius 3 is 2.58 bits per heavy atom. The summed E-state index contributed by atoms with van der Waals surface area (Å²) in [4.78, 5) is 11.0. The highest BCUT2D eigenvalue weighted by Gasteiger charge is 2.19. The average molecular weight is 265 g/mol. The van der Waals surface area contributed by atoms with Gasteiger partial charge in [0.05, 0.1) is 7.11 Å². The van der Waals surface area contributed by atoms with Gasteiger partial charge in [-0.2, -0.15) is 0 Å². The molecule has 0 aliphatic rings. The molecule has 0 saturated heterocycles. The highest BCUT2D eigenvalue weighted by Crippen LogP contribution is 2.31. The minimum absolute atomic E-state index is 0.0173. The zero-order valence-corrected chi connectivity index (χ0v) is 12.0. The van der Waals surface area contributed by atoms with E-state index in [1.807, 2.05) is 17.6 Å². The monoisotopic (exact) mass is 265 g/mol. The molecule has 106 valence electrons. The van der Waals surface area contributed by atoms with Gasteiger partial charge in [0.25, 0.3) is 0 Å². The van der Waals surface area contributed by atoms with Crippen molar-refractivity contribution in [2.24, 2.45) is 5.84 Å². The second-order valence-corrected chi connectivity index (χ2v) is 5.43. The molecule has 0 heterocycles. The van der Waals surface area contributed by atoms with Crippen LogP contribution in [0.25, 0.3) is 0 Å². The van der Waals surface area contributed by atoms with E-state index in [1.165, 1.54) is 0 Å². The molecule has 5 nitrogen and oxygen atoms in total. The standard InChI is InChI=1S/C14H23N3O2/c1-14(2,3)11-9-10(5-6-12(11)19-4)7-8-16-13(18)17-15/h5-6,9H,7-8,15H2,1-4H3,(H2,16,17,18). The smallest absolute Gasteiger partial charge is 0.328 e. The zero-order chi connectivity index (χ0) is 14.5. The van der Waals surface area contributed by atoms with Crippen molar-refractivity contribution < 1.29 is 9.53 Å². The molecule has 2 amide bonds. The molecule has 0 aliphatic heterocycles. The predicted molar refractivity (Wildman–Crippen MR) is 76.1 cm³/mol. The Bertz CT molecular complexity index is 439. The van der Waals surface area contributed by atoms with Crippen LogP contribution < -0.4 is 21.3 Å². The highest BCUT2D eigenvalue weighted by molar-refractivity contribution is 5.72. The maximum absolute atomic E-state index is 11.0. The Hall–Kier alpha value is -1.75. The van der Waals surface area contributed by atoms with E-state index in [2.05, 4.69) is 32.2 Å². The van der Waals surface area contributed by atoms with Gasteiger partial charge in [0, 0.05) is 6.54 Å². The molecule has 0 radical (unpaired) electrons. The van der Waals surface area contributed by atoms with E-state index in [0.29, 0.717) is 6.54 Å². The largest absolute Gasteiger partial charge is 0.496 e. The molecule has 1 aromatic carbocycles. The Labute approximate surface area is 114 Å². The van der Waals surface area contributed by atoms with Crippen LogP contribution in [-0.2, 0) is 11.8 Å². The second-order valence-electron chi connectivity index (χ2n) is 5.43. The summed E-state index contributed by atoms with van der Waals surface area (Å²) in [7, 11) is 1.68. The normalized spacial score (nSPS) is 11.0. The number of rotatable bonds is 4. The molecule has 19 heavy (non-hydrogen) atoms. The third-order valence-corrected chi connectivity index (χ3v) is 2.90. The molecule has 0 unspecified atom stereocenters. The van der Waals surface area contributed by atoms with Gasteiger partial charge in [-0.25, -0.2) is 10.6 Å². The topological polar surface area (TPSA) is 76.4 Å². The molecular weight excluding hydrogens is 242 g/mol. The van der Waals surface area contributed by atoms with Crippen molar-refractivity contribution in [1.29, 1.82) is 0 Å². The lowest BCUT2D eigenvalue weighted by Crippen LogP contribution is -2.40. The Morgan fingerprint density at radius 1 is 1.37 bits per heavy atom. The number of urea groups is 1. The van der Waals surface area contributed by atoms with Crippen molar-refractivity contribution in [3.63, 3.8) is 0 Å². The van der Waals surface area contributed by atoms with Gasteiger partial charge >= 0.3 is 6.03 Å². The van der Waals surface area contributed by atoms with Crippen molar-refractivity contribution in [3.8, 4) is 5.75 Å². The third-order valence-electron chi connectivity index (χ3n) is 2.90. The summed E-state index contributed by atoms with van der Waals surface area (Å²) in [5, 5.41) is 2.66. The van der Waals surface area contributed by atoms with Gasteiger partial charge in [-0.1, -0.05) is 32.9 Å². The number of nitrogens with one attached hydrogen (secondary N) is 2. The van der Waals surface area contributed by atoms with Crippen molar-refractivity contribution in [3.05, 3.63) is 29.3 Å². The summed E-state index contributed by atoms with van der Waals surface area (Å²) < 4.78 is 5.39. The van der Waals surface area contributed by atoms with Gasteiger partial charge in [-0.3, -0.25) is 5.43 Å². The highest BCUT2D eigenvalue weighted by atomic mass is 16.5. The number of carbonyl (C=O) groups is 1. The molecule has 4 N–H and O–H groups in total. The lowest BCUT2D eigenvalue weighted by Gasteiger charge is -2.23. The molecule has 0 aromatic heterocycles. The van der Waals surface area contributed by atoms with E-state index in [4.69, 9.17) is 10.6 Å². The van der Waals surface area contributed by atoms with Gasteiger partial charge in [-0.15, -0.1) is 0 Å². The van der Waals surface area contributed by atoms with Crippen molar-refractivity contribution >= 4 is 6.03 Å². The van der Waals surface area contributed by atoms with E-state index in [-0.39, 0.29) is 11.4 Å². The van der Waals surface area contributed by atoms with Gasteiger partial charge in [0.2, 0.25) is 0 Å². The molecule has 0 atom stereocenters. The predicted octanol–water partition coefficient (Wildman–Crippen LogP) is 1.71. The van der Waals surface area contributed by atoms with Gasteiger partial charge < -0.3 is 10.1 Å². The van der Waals surface area contributed by atoms with Gasteiger partial charge in [0.15, 0.2) is 0 Å². The van der Waals surface area contributed by atoms with Crippen molar-refractivity contribution in [2.75, 3.05) is 13.7 Å². The summed E-state index contributed by atoms with van der Waals surface area (Å²) in [6.45, 7) is 6.98. The quantitative estimate of drug-likeness (QED) is 0.440. The van der Waals surface area contributed by atoms with Crippen LogP contribution in [0.15, 0.2) is 18.2 Å². The first-order valence-electron chi connectivity index (χ1n) is 6.30. The van der Waals surface area contributed by atoms with Crippen LogP contribution in [0.4, 0.5) is 4.79 Å². The Balaban J connectivity index is 2.78. The average Bonchev–Trinajstić information content (AvgIpc) is 2.37. The number of hydrogen-bond donors (Lipinski definition) is 3. The van der Waals surface area contributed by atoms with Crippen LogP contribution >= 0.6 is 0 Å². The first-order valence-corrected chi connectivity index (χ1v) is 6.30. The minimum atomic E-state index is -0.371. The first-order chi connectivity index (χ1) is 8.88.